The van der Waals surface area contributed by atoms with Crippen LogP contribution in [-0.2, 0) is 22.4 Å². The number of fused-ring (bicyclic) bond motifs is 2. The maximum absolute atomic E-state index is 13.2. The lowest BCUT2D eigenvalue weighted by atomic mass is 9.89. The number of ether oxygens (including phenoxy) is 1. The fraction of sp³-hybridized carbons (Fsp3) is 0.280. The third-order valence-electron chi connectivity index (χ3n) is 5.71. The molecule has 1 aromatic heterocycles. The van der Waals surface area contributed by atoms with E-state index in [9.17, 15) is 14.4 Å². The summed E-state index contributed by atoms with van der Waals surface area (Å²) in [6.07, 6.45) is 2.62. The van der Waals surface area contributed by atoms with Crippen molar-refractivity contribution in [3.8, 4) is 0 Å². The lowest BCUT2D eigenvalue weighted by Gasteiger charge is -2.21. The summed E-state index contributed by atoms with van der Waals surface area (Å²) in [6, 6.07) is 12.0. The van der Waals surface area contributed by atoms with E-state index in [0.29, 0.717) is 16.8 Å². The first-order valence-corrected chi connectivity index (χ1v) is 10.7. The Hall–Kier alpha value is -3.74. The van der Waals surface area contributed by atoms with Gasteiger partial charge in [-0.25, -0.2) is 4.79 Å². The molecule has 2 amide bonds. The average Bonchev–Trinajstić information content (AvgIpc) is 2.77. The molecule has 0 saturated carbocycles. The van der Waals surface area contributed by atoms with Crippen molar-refractivity contribution in [3.05, 3.63) is 70.4 Å². The van der Waals surface area contributed by atoms with Crippen molar-refractivity contribution < 1.29 is 19.1 Å². The lowest BCUT2D eigenvalue weighted by Crippen LogP contribution is -2.30. The molecule has 7 nitrogen and oxygen atoms in total. The minimum atomic E-state index is -1.01. The Labute approximate surface area is 186 Å². The molecule has 3 aromatic rings. The summed E-state index contributed by atoms with van der Waals surface area (Å²) in [6.45, 7) is 3.50. The number of hydrogen-bond acceptors (Lipinski definition) is 5. The number of benzene rings is 2. The second-order valence-corrected chi connectivity index (χ2v) is 8.12. The topological polar surface area (TPSA) is 111 Å². The molecule has 1 unspecified atom stereocenters. The van der Waals surface area contributed by atoms with Crippen LogP contribution >= 0.6 is 0 Å². The van der Waals surface area contributed by atoms with Crippen molar-refractivity contribution in [2.45, 2.75) is 45.6 Å². The minimum absolute atomic E-state index is 0.340. The molecule has 0 spiro atoms. The van der Waals surface area contributed by atoms with Crippen LogP contribution in [0.5, 0.6) is 0 Å². The van der Waals surface area contributed by atoms with Gasteiger partial charge in [0.05, 0.1) is 11.1 Å². The zero-order valence-electron chi connectivity index (χ0n) is 18.1. The fourth-order valence-electron chi connectivity index (χ4n) is 4.01. The number of primary amides is 1. The molecule has 0 saturated heterocycles. The number of nitrogens with one attached hydrogen (secondary N) is 1. The van der Waals surface area contributed by atoms with Gasteiger partial charge in [-0.3, -0.25) is 14.6 Å². The van der Waals surface area contributed by atoms with Gasteiger partial charge in [-0.05, 0) is 81.5 Å². The van der Waals surface area contributed by atoms with Crippen LogP contribution in [0.15, 0.2) is 42.5 Å². The van der Waals surface area contributed by atoms with Crippen LogP contribution in [0.3, 0.4) is 0 Å². The molecule has 4 rings (SSSR count). The van der Waals surface area contributed by atoms with Crippen LogP contribution in [0, 0.1) is 6.92 Å². The molecule has 0 aliphatic heterocycles. The Kier molecular flexibility index (Phi) is 5.90. The number of pyridine rings is 1. The molecule has 164 valence electrons. The first-order chi connectivity index (χ1) is 15.3. The van der Waals surface area contributed by atoms with Crippen LogP contribution < -0.4 is 11.1 Å². The number of carbonyl (C=O) groups excluding carboxylic acids is 3. The Morgan fingerprint density at radius 1 is 1.06 bits per heavy atom. The van der Waals surface area contributed by atoms with Gasteiger partial charge in [-0.1, -0.05) is 11.6 Å². The van der Waals surface area contributed by atoms with Gasteiger partial charge in [0.2, 0.25) is 5.91 Å². The van der Waals surface area contributed by atoms with Gasteiger partial charge >= 0.3 is 5.97 Å². The Bertz CT molecular complexity index is 1220. The monoisotopic (exact) mass is 431 g/mol. The molecule has 1 atom stereocenters. The van der Waals surface area contributed by atoms with Gasteiger partial charge < -0.3 is 15.8 Å². The van der Waals surface area contributed by atoms with Crippen molar-refractivity contribution in [1.29, 1.82) is 0 Å². The van der Waals surface area contributed by atoms with Crippen LogP contribution in [0.25, 0.3) is 10.9 Å². The maximum atomic E-state index is 13.2. The Morgan fingerprint density at radius 2 is 1.78 bits per heavy atom. The third-order valence-corrected chi connectivity index (χ3v) is 5.71. The summed E-state index contributed by atoms with van der Waals surface area (Å²) in [4.78, 5) is 41.8. The number of aromatic nitrogens is 1. The third kappa shape index (κ3) is 4.32. The molecule has 7 heteroatoms. The fourth-order valence-corrected chi connectivity index (χ4v) is 4.01. The summed E-state index contributed by atoms with van der Waals surface area (Å²) < 4.78 is 5.59. The minimum Gasteiger partial charge on any atom is -0.449 e. The highest BCUT2D eigenvalue weighted by atomic mass is 16.5. The molecule has 1 aliphatic rings. The molecule has 1 aliphatic carbocycles. The molecular weight excluding hydrogens is 406 g/mol. The SMILES string of the molecule is Cc1ccc2nc3c(c(C(=O)OC(C)C(=O)Nc4ccc(C(N)=O)cc4)c2c1)CCCC3. The normalized spacial score (nSPS) is 13.8. The number of hydrogen-bond donors (Lipinski definition) is 2. The number of anilines is 1. The van der Waals surface area contributed by atoms with Crippen molar-refractivity contribution >= 4 is 34.4 Å². The maximum Gasteiger partial charge on any atom is 0.339 e. The van der Waals surface area contributed by atoms with Gasteiger partial charge in [0, 0.05) is 22.3 Å². The van der Waals surface area contributed by atoms with Crippen LogP contribution in [0.4, 0.5) is 5.69 Å². The predicted molar refractivity (Wildman–Crippen MR) is 122 cm³/mol. The summed E-state index contributed by atoms with van der Waals surface area (Å²) in [5, 5.41) is 3.45. The second-order valence-electron chi connectivity index (χ2n) is 8.12. The largest absolute Gasteiger partial charge is 0.449 e. The highest BCUT2D eigenvalue weighted by Crippen LogP contribution is 2.30. The zero-order chi connectivity index (χ0) is 22.8. The van der Waals surface area contributed by atoms with Crippen LogP contribution in [0.2, 0.25) is 0 Å². The highest BCUT2D eigenvalue weighted by molar-refractivity contribution is 6.06. The van der Waals surface area contributed by atoms with E-state index in [1.165, 1.54) is 19.1 Å². The number of rotatable bonds is 5. The van der Waals surface area contributed by atoms with Crippen LogP contribution in [-0.4, -0.2) is 28.9 Å². The van der Waals surface area contributed by atoms with E-state index < -0.39 is 23.9 Å². The van der Waals surface area contributed by atoms with Gasteiger partial charge in [0.15, 0.2) is 6.10 Å². The lowest BCUT2D eigenvalue weighted by molar-refractivity contribution is -0.123. The van der Waals surface area contributed by atoms with Gasteiger partial charge in [-0.15, -0.1) is 0 Å². The smallest absolute Gasteiger partial charge is 0.339 e. The summed E-state index contributed by atoms with van der Waals surface area (Å²) in [5.74, 6) is -1.53. The number of amides is 2. The summed E-state index contributed by atoms with van der Waals surface area (Å²) in [7, 11) is 0. The van der Waals surface area contributed by atoms with E-state index in [1.807, 2.05) is 25.1 Å². The quantitative estimate of drug-likeness (QED) is 0.598. The standard InChI is InChI=1S/C25H25N3O4/c1-14-7-12-21-19(13-14)22(18-5-3-4-6-20(18)28-21)25(31)32-15(2)24(30)27-17-10-8-16(9-11-17)23(26)29/h7-13,15H,3-6H2,1-2H3,(H2,26,29)(H,27,30). The molecule has 1 heterocycles. The molecular formula is C25H25N3O4. The number of esters is 1. The van der Waals surface area contributed by atoms with E-state index in [0.717, 1.165) is 53.4 Å². The van der Waals surface area contributed by atoms with Gasteiger partial charge in [-0.2, -0.15) is 0 Å². The van der Waals surface area contributed by atoms with Crippen molar-refractivity contribution in [1.82, 2.24) is 4.98 Å². The predicted octanol–water partition coefficient (Wildman–Crippen LogP) is 3.70. The van der Waals surface area contributed by atoms with Crippen molar-refractivity contribution in [2.24, 2.45) is 5.73 Å². The first kappa shape index (κ1) is 21.5. The zero-order valence-corrected chi connectivity index (χ0v) is 18.1. The average molecular weight is 431 g/mol. The molecule has 2 aromatic carbocycles. The van der Waals surface area contributed by atoms with Gasteiger partial charge in [0.25, 0.3) is 5.91 Å². The first-order valence-electron chi connectivity index (χ1n) is 10.7. The van der Waals surface area contributed by atoms with E-state index in [1.54, 1.807) is 12.1 Å². The summed E-state index contributed by atoms with van der Waals surface area (Å²) in [5.41, 5.74) is 10.2. The number of aryl methyl sites for hydroxylation is 2. The summed E-state index contributed by atoms with van der Waals surface area (Å²) >= 11 is 0. The van der Waals surface area contributed by atoms with Crippen molar-refractivity contribution in [3.63, 3.8) is 0 Å². The highest BCUT2D eigenvalue weighted by Gasteiger charge is 2.26. The van der Waals surface area contributed by atoms with Crippen LogP contribution in [0.1, 0.15) is 57.3 Å². The van der Waals surface area contributed by atoms with E-state index in [-0.39, 0.29) is 0 Å². The van der Waals surface area contributed by atoms with E-state index >= 15 is 0 Å². The molecule has 0 fully saturated rings. The second kappa shape index (κ2) is 8.78. The number of nitrogens with zero attached hydrogens (tertiary/aromatic N) is 1. The molecule has 3 N–H and O–H groups in total. The number of carbonyl (C=O) groups is 3. The molecule has 0 bridgehead atoms. The Morgan fingerprint density at radius 3 is 2.50 bits per heavy atom. The molecule has 0 radical (unpaired) electrons. The number of nitrogens with two attached hydrogens (primary N) is 1. The van der Waals surface area contributed by atoms with Gasteiger partial charge in [0.1, 0.15) is 0 Å². The molecule has 32 heavy (non-hydrogen) atoms. The Balaban J connectivity index is 1.57. The van der Waals surface area contributed by atoms with Crippen molar-refractivity contribution in [2.75, 3.05) is 5.32 Å². The van der Waals surface area contributed by atoms with E-state index in [2.05, 4.69) is 5.32 Å². The van der Waals surface area contributed by atoms with E-state index in [4.69, 9.17) is 15.5 Å².